The maximum atomic E-state index is 9.67. The Labute approximate surface area is 107 Å². The Hall–Kier alpha value is -0.245. The predicted molar refractivity (Wildman–Crippen MR) is 62.5 cm³/mol. The van der Waals surface area contributed by atoms with E-state index in [0.29, 0.717) is 0 Å². The van der Waals surface area contributed by atoms with E-state index < -0.39 is 35.7 Å². The van der Waals surface area contributed by atoms with Gasteiger partial charge in [0.15, 0.2) is 11.4 Å². The first-order chi connectivity index (χ1) is 7.82. The highest BCUT2D eigenvalue weighted by Crippen LogP contribution is 2.46. The quantitative estimate of drug-likeness (QED) is 0.543. The number of aliphatic hydroxyl groups is 1. The predicted octanol–water partition coefficient (Wildman–Crippen LogP) is 0.351. The molecule has 2 fully saturated rings. The highest BCUT2D eigenvalue weighted by Gasteiger charge is 2.64. The summed E-state index contributed by atoms with van der Waals surface area (Å²) in [6.45, 7) is 5.12. The fourth-order valence-electron chi connectivity index (χ4n) is 2.36. The average molecular weight is 256 g/mol. The lowest BCUT2D eigenvalue weighted by Gasteiger charge is -2.26. The number of hydrogen-bond acceptors (Lipinski definition) is 4. The van der Waals surface area contributed by atoms with Gasteiger partial charge in [0, 0.05) is 5.38 Å². The van der Waals surface area contributed by atoms with Gasteiger partial charge in [0.2, 0.25) is 0 Å². The molecule has 17 heavy (non-hydrogen) atoms. The topological polar surface area (TPSA) is 47.9 Å². The minimum Gasteiger partial charge on any atom is -0.391 e. The second-order valence-electron chi connectivity index (χ2n) is 4.81. The van der Waals surface area contributed by atoms with Gasteiger partial charge in [-0.15, -0.1) is 0 Å². The van der Waals surface area contributed by atoms with Crippen molar-refractivity contribution in [2.75, 3.05) is 0 Å². The molecule has 0 amide bonds. The van der Waals surface area contributed by atoms with E-state index in [1.165, 1.54) is 0 Å². The normalized spacial score (nSPS) is 44.9. The van der Waals surface area contributed by atoms with Gasteiger partial charge in [0.25, 0.3) is 0 Å². The van der Waals surface area contributed by atoms with Crippen LogP contribution in [0.15, 0.2) is 0 Å². The van der Waals surface area contributed by atoms with E-state index >= 15 is 0 Å². The molecule has 2 aliphatic heterocycles. The molecule has 5 atom stereocenters. The van der Waals surface area contributed by atoms with Gasteiger partial charge in [-0.1, -0.05) is 0 Å². The van der Waals surface area contributed by atoms with E-state index in [1.807, 2.05) is 0 Å². The lowest BCUT2D eigenvalue weighted by Crippen LogP contribution is -2.46. The molecule has 1 N–H and O–H groups in total. The summed E-state index contributed by atoms with van der Waals surface area (Å²) in [5.41, 5.74) is -1.12. The maximum absolute atomic E-state index is 9.67. The second kappa shape index (κ2) is 4.15. The molecule has 0 bridgehead atoms. The summed E-state index contributed by atoms with van der Waals surface area (Å²) in [6, 6.07) is -0.805. The molecule has 2 rings (SSSR count). The molecule has 2 unspecified atom stereocenters. The second-order valence-corrected chi connectivity index (χ2v) is 5.00. The van der Waals surface area contributed by atoms with Crippen LogP contribution < -0.4 is 0 Å². The molecule has 2 heterocycles. The molecule has 6 heteroatoms. The van der Waals surface area contributed by atoms with Crippen LogP contribution in [0, 0.1) is 11.3 Å². The summed E-state index contributed by atoms with van der Waals surface area (Å²) >= 11 is 5.46. The van der Waals surface area contributed by atoms with Gasteiger partial charge in [-0.05, 0) is 38.3 Å². The summed E-state index contributed by atoms with van der Waals surface area (Å²) in [5.74, 6) is 1.88. The zero-order valence-corrected chi connectivity index (χ0v) is 10.7. The van der Waals surface area contributed by atoms with Gasteiger partial charge in [-0.2, -0.15) is 0 Å². The van der Waals surface area contributed by atoms with E-state index in [9.17, 15) is 5.11 Å². The smallest absolute Gasteiger partial charge is 0.179 e. The van der Waals surface area contributed by atoms with Crippen molar-refractivity contribution in [2.24, 2.45) is 0 Å². The van der Waals surface area contributed by atoms with Crippen molar-refractivity contribution in [1.29, 1.82) is 0 Å². The van der Waals surface area contributed by atoms with Gasteiger partial charge in [-0.3, -0.25) is 0 Å². The number of fused-ring (bicyclic) bond motifs is 1. The molecule has 0 saturated carbocycles. The van der Waals surface area contributed by atoms with Crippen LogP contribution in [0.1, 0.15) is 20.8 Å². The monoisotopic (exact) mass is 256 g/mol. The molecule has 0 aromatic rings. The Morgan fingerprint density at radius 1 is 1.47 bits per heavy atom. The number of ether oxygens (including phenoxy) is 3. The largest absolute Gasteiger partial charge is 0.391 e. The fourth-order valence-corrected chi connectivity index (χ4v) is 2.51. The van der Waals surface area contributed by atoms with Crippen LogP contribution in [-0.2, 0) is 14.2 Å². The first kappa shape index (κ1) is 13.2. The van der Waals surface area contributed by atoms with Crippen molar-refractivity contribution < 1.29 is 19.3 Å². The Balaban J connectivity index is 2.40. The third-order valence-corrected chi connectivity index (χ3v) is 3.09. The molecule has 0 aromatic heterocycles. The third-order valence-electron chi connectivity index (χ3n) is 2.99. The first-order valence-corrected chi connectivity index (χ1v) is 5.80. The van der Waals surface area contributed by atoms with Gasteiger partial charge >= 0.3 is 0 Å². The minimum absolute atomic E-state index is 0.557. The van der Waals surface area contributed by atoms with Crippen molar-refractivity contribution in [3.8, 4) is 11.3 Å². The minimum atomic E-state index is -1.12. The summed E-state index contributed by atoms with van der Waals surface area (Å²) in [5, 5.41) is 11.9. The van der Waals surface area contributed by atoms with Gasteiger partial charge in [0.05, 0.1) is 12.1 Å². The SMILES string of the molecule is [B][C@@H]1O[C@H](C(C)O)C2OC(C)(C)O[C@]21C#CCl. The molecule has 2 aliphatic rings. The van der Waals surface area contributed by atoms with Crippen LogP contribution in [-0.4, -0.2) is 48.7 Å². The van der Waals surface area contributed by atoms with Crippen LogP contribution in [0.25, 0.3) is 0 Å². The number of rotatable bonds is 1. The molecule has 4 nitrogen and oxygen atoms in total. The summed E-state index contributed by atoms with van der Waals surface area (Å²) in [7, 11) is 5.89. The Kier molecular flexibility index (Phi) is 3.22. The van der Waals surface area contributed by atoms with Gasteiger partial charge in [-0.25, -0.2) is 0 Å². The molecule has 0 aliphatic carbocycles. The number of halogens is 1. The van der Waals surface area contributed by atoms with Crippen molar-refractivity contribution in [3.05, 3.63) is 0 Å². The van der Waals surface area contributed by atoms with E-state index in [4.69, 9.17) is 33.7 Å². The van der Waals surface area contributed by atoms with Crippen LogP contribution in [0.3, 0.4) is 0 Å². The van der Waals surface area contributed by atoms with E-state index in [0.717, 1.165) is 0 Å². The third kappa shape index (κ3) is 1.98. The highest BCUT2D eigenvalue weighted by atomic mass is 35.5. The summed E-state index contributed by atoms with van der Waals surface area (Å²) in [4.78, 5) is 0. The van der Waals surface area contributed by atoms with Crippen molar-refractivity contribution in [3.63, 3.8) is 0 Å². The lowest BCUT2D eigenvalue weighted by molar-refractivity contribution is -0.194. The Morgan fingerprint density at radius 2 is 2.12 bits per heavy atom. The van der Waals surface area contributed by atoms with Crippen molar-refractivity contribution in [2.45, 2.75) is 56.5 Å². The highest BCUT2D eigenvalue weighted by molar-refractivity contribution is 6.30. The zero-order chi connectivity index (χ0) is 12.8. The van der Waals surface area contributed by atoms with Crippen molar-refractivity contribution >= 4 is 19.4 Å². The summed E-state index contributed by atoms with van der Waals surface area (Å²) < 4.78 is 16.9. The van der Waals surface area contributed by atoms with Gasteiger partial charge in [0.1, 0.15) is 20.1 Å². The molecule has 0 aromatic carbocycles. The van der Waals surface area contributed by atoms with Crippen LogP contribution in [0.5, 0.6) is 0 Å². The summed E-state index contributed by atoms with van der Waals surface area (Å²) in [6.07, 6.45) is -1.87. The zero-order valence-electron chi connectivity index (χ0n) is 9.94. The molecule has 92 valence electrons. The van der Waals surface area contributed by atoms with Gasteiger partial charge < -0.3 is 19.3 Å². The van der Waals surface area contributed by atoms with E-state index in [1.54, 1.807) is 20.8 Å². The molecular weight excluding hydrogens is 242 g/mol. The van der Waals surface area contributed by atoms with E-state index in [-0.39, 0.29) is 0 Å². The van der Waals surface area contributed by atoms with E-state index in [2.05, 4.69) is 11.3 Å². The fraction of sp³-hybridized carbons (Fsp3) is 0.818. The van der Waals surface area contributed by atoms with Crippen LogP contribution in [0.2, 0.25) is 0 Å². The lowest BCUT2D eigenvalue weighted by atomic mass is 9.80. The molecular formula is C11H14BClO4. The standard InChI is InChI=1S/C11H14BClO4/c1-6(14)7-8-11(4-5-13,9(12)15-7)17-10(2,3)16-8/h6-9,14H,1-3H3/t6?,7-,8?,9-,11-/m1/s1. The van der Waals surface area contributed by atoms with Crippen LogP contribution in [0.4, 0.5) is 0 Å². The Morgan fingerprint density at radius 3 is 2.65 bits per heavy atom. The van der Waals surface area contributed by atoms with Crippen molar-refractivity contribution in [1.82, 2.24) is 0 Å². The Bertz CT molecular complexity index is 375. The van der Waals surface area contributed by atoms with Crippen LogP contribution >= 0.6 is 11.6 Å². The molecule has 0 spiro atoms. The average Bonchev–Trinajstić information content (AvgIpc) is 2.58. The molecule has 2 saturated heterocycles. The first-order valence-electron chi connectivity index (χ1n) is 5.42. The maximum Gasteiger partial charge on any atom is 0.179 e. The number of aliphatic hydroxyl groups excluding tert-OH is 1. The number of hydrogen-bond donors (Lipinski definition) is 1. The molecule has 2 radical (unpaired) electrons.